The van der Waals surface area contributed by atoms with Gasteiger partial charge < -0.3 is 15.4 Å². The fourth-order valence-corrected chi connectivity index (χ4v) is 2.18. The minimum Gasteiger partial charge on any atom is -0.381 e. The summed E-state index contributed by atoms with van der Waals surface area (Å²) >= 11 is 0. The second-order valence-corrected chi connectivity index (χ2v) is 5.10. The Morgan fingerprint density at radius 3 is 2.63 bits per heavy atom. The number of amides is 1. The van der Waals surface area contributed by atoms with E-state index >= 15 is 0 Å². The Bertz CT molecular complexity index is 397. The molecule has 0 aliphatic carbocycles. The third-order valence-electron chi connectivity index (χ3n) is 3.39. The van der Waals surface area contributed by atoms with Crippen LogP contribution in [0.4, 0.5) is 5.69 Å². The smallest absolute Gasteiger partial charge is 0.238 e. The van der Waals surface area contributed by atoms with Gasteiger partial charge in [-0.3, -0.25) is 4.79 Å². The minimum absolute atomic E-state index is 0.0101. The average Bonchev–Trinajstić information content (AvgIpc) is 2.43. The first-order valence-corrected chi connectivity index (χ1v) is 6.89. The van der Waals surface area contributed by atoms with E-state index in [2.05, 4.69) is 10.6 Å². The summed E-state index contributed by atoms with van der Waals surface area (Å²) in [6.45, 7) is 4.99. The summed E-state index contributed by atoms with van der Waals surface area (Å²) in [6, 6.07) is 7.83. The monoisotopic (exact) mass is 262 g/mol. The molecule has 1 saturated heterocycles. The quantitative estimate of drug-likeness (QED) is 0.852. The van der Waals surface area contributed by atoms with Crippen molar-refractivity contribution in [3.8, 4) is 0 Å². The number of hydrogen-bond acceptors (Lipinski definition) is 3. The van der Waals surface area contributed by atoms with Gasteiger partial charge in [0.25, 0.3) is 0 Å². The van der Waals surface area contributed by atoms with Crippen molar-refractivity contribution in [2.24, 2.45) is 5.92 Å². The molecule has 1 heterocycles. The molecule has 1 aliphatic rings. The molecule has 1 aromatic carbocycles. The molecule has 0 saturated carbocycles. The molecule has 0 spiro atoms. The van der Waals surface area contributed by atoms with Crippen molar-refractivity contribution in [3.05, 3.63) is 29.8 Å². The predicted octanol–water partition coefficient (Wildman–Crippen LogP) is 1.95. The minimum atomic E-state index is 0.0101. The standard InChI is InChI=1S/C15H22N2O2/c1-12-2-4-14(5-3-12)17-15(18)11-16-10-13-6-8-19-9-7-13/h2-5,13,16H,6-11H2,1H3,(H,17,18). The number of hydrogen-bond donors (Lipinski definition) is 2. The zero-order chi connectivity index (χ0) is 13.5. The topological polar surface area (TPSA) is 50.4 Å². The van der Waals surface area contributed by atoms with E-state index in [4.69, 9.17) is 4.74 Å². The Kier molecular flexibility index (Phi) is 5.36. The second-order valence-electron chi connectivity index (χ2n) is 5.10. The maximum Gasteiger partial charge on any atom is 0.238 e. The van der Waals surface area contributed by atoms with Crippen LogP contribution in [0.5, 0.6) is 0 Å². The number of carbonyl (C=O) groups is 1. The van der Waals surface area contributed by atoms with Gasteiger partial charge in [-0.05, 0) is 44.4 Å². The van der Waals surface area contributed by atoms with E-state index in [1.54, 1.807) is 0 Å². The Morgan fingerprint density at radius 2 is 1.95 bits per heavy atom. The number of aryl methyl sites for hydroxylation is 1. The normalized spacial score (nSPS) is 16.3. The number of nitrogens with one attached hydrogen (secondary N) is 2. The molecule has 1 aromatic rings. The van der Waals surface area contributed by atoms with Gasteiger partial charge >= 0.3 is 0 Å². The van der Waals surface area contributed by atoms with Crippen LogP contribution < -0.4 is 10.6 Å². The molecule has 1 amide bonds. The molecule has 0 bridgehead atoms. The highest BCUT2D eigenvalue weighted by molar-refractivity contribution is 5.92. The molecule has 4 heteroatoms. The molecule has 4 nitrogen and oxygen atoms in total. The maximum atomic E-state index is 11.7. The van der Waals surface area contributed by atoms with E-state index in [0.717, 1.165) is 38.3 Å². The molecule has 1 aliphatic heterocycles. The lowest BCUT2D eigenvalue weighted by Crippen LogP contribution is -2.33. The van der Waals surface area contributed by atoms with Crippen LogP contribution in [0, 0.1) is 12.8 Å². The molecular formula is C15H22N2O2. The highest BCUT2D eigenvalue weighted by Gasteiger charge is 2.13. The lowest BCUT2D eigenvalue weighted by molar-refractivity contribution is -0.115. The van der Waals surface area contributed by atoms with Crippen LogP contribution in [-0.2, 0) is 9.53 Å². The van der Waals surface area contributed by atoms with Gasteiger partial charge in [0.2, 0.25) is 5.91 Å². The van der Waals surface area contributed by atoms with Gasteiger partial charge in [0, 0.05) is 18.9 Å². The lowest BCUT2D eigenvalue weighted by Gasteiger charge is -2.22. The van der Waals surface area contributed by atoms with E-state index in [9.17, 15) is 4.79 Å². The van der Waals surface area contributed by atoms with Crippen LogP contribution in [0.25, 0.3) is 0 Å². The van der Waals surface area contributed by atoms with Crippen LogP contribution in [0.1, 0.15) is 18.4 Å². The van der Waals surface area contributed by atoms with E-state index < -0.39 is 0 Å². The summed E-state index contributed by atoms with van der Waals surface area (Å²) in [5, 5.41) is 6.10. The van der Waals surface area contributed by atoms with Gasteiger partial charge in [0.15, 0.2) is 0 Å². The van der Waals surface area contributed by atoms with E-state index in [1.807, 2.05) is 31.2 Å². The van der Waals surface area contributed by atoms with Crippen molar-refractivity contribution in [1.82, 2.24) is 5.32 Å². The molecular weight excluding hydrogens is 240 g/mol. The van der Waals surface area contributed by atoms with Crippen molar-refractivity contribution in [2.45, 2.75) is 19.8 Å². The van der Waals surface area contributed by atoms with Gasteiger partial charge in [0.1, 0.15) is 0 Å². The van der Waals surface area contributed by atoms with E-state index in [-0.39, 0.29) is 5.91 Å². The molecule has 2 N–H and O–H groups in total. The number of anilines is 1. The molecule has 0 radical (unpaired) electrons. The van der Waals surface area contributed by atoms with Crippen LogP contribution in [0.3, 0.4) is 0 Å². The molecule has 0 atom stereocenters. The molecule has 0 unspecified atom stereocenters. The Hall–Kier alpha value is -1.39. The van der Waals surface area contributed by atoms with Gasteiger partial charge in [-0.2, -0.15) is 0 Å². The summed E-state index contributed by atoms with van der Waals surface area (Å²) in [7, 11) is 0. The first kappa shape index (κ1) is 14.0. The molecule has 104 valence electrons. The van der Waals surface area contributed by atoms with E-state index in [0.29, 0.717) is 12.5 Å². The highest BCUT2D eigenvalue weighted by atomic mass is 16.5. The second kappa shape index (κ2) is 7.26. The SMILES string of the molecule is Cc1ccc(NC(=O)CNCC2CCOCC2)cc1. The molecule has 19 heavy (non-hydrogen) atoms. The first-order valence-electron chi connectivity index (χ1n) is 6.89. The predicted molar refractivity (Wildman–Crippen MR) is 76.2 cm³/mol. The zero-order valence-corrected chi connectivity index (χ0v) is 11.4. The number of ether oxygens (including phenoxy) is 1. The van der Waals surface area contributed by atoms with E-state index in [1.165, 1.54) is 5.56 Å². The lowest BCUT2D eigenvalue weighted by atomic mass is 10.0. The summed E-state index contributed by atoms with van der Waals surface area (Å²) in [4.78, 5) is 11.7. The summed E-state index contributed by atoms with van der Waals surface area (Å²) in [5.74, 6) is 0.650. The summed E-state index contributed by atoms with van der Waals surface area (Å²) in [5.41, 5.74) is 2.04. The van der Waals surface area contributed by atoms with Crippen LogP contribution in [0.15, 0.2) is 24.3 Å². The Morgan fingerprint density at radius 1 is 1.26 bits per heavy atom. The fraction of sp³-hybridized carbons (Fsp3) is 0.533. The van der Waals surface area contributed by atoms with Crippen molar-refractivity contribution < 1.29 is 9.53 Å². The Balaban J connectivity index is 1.65. The average molecular weight is 262 g/mol. The number of carbonyl (C=O) groups excluding carboxylic acids is 1. The largest absolute Gasteiger partial charge is 0.381 e. The van der Waals surface area contributed by atoms with Gasteiger partial charge in [-0.15, -0.1) is 0 Å². The third kappa shape index (κ3) is 5.01. The van der Waals surface area contributed by atoms with Gasteiger partial charge in [0.05, 0.1) is 6.54 Å². The summed E-state index contributed by atoms with van der Waals surface area (Å²) in [6.07, 6.45) is 2.18. The highest BCUT2D eigenvalue weighted by Crippen LogP contribution is 2.13. The number of rotatable bonds is 5. The molecule has 0 aromatic heterocycles. The van der Waals surface area contributed by atoms with Crippen molar-refractivity contribution in [2.75, 3.05) is 31.6 Å². The third-order valence-corrected chi connectivity index (χ3v) is 3.39. The van der Waals surface area contributed by atoms with Crippen molar-refractivity contribution in [3.63, 3.8) is 0 Å². The maximum absolute atomic E-state index is 11.7. The first-order chi connectivity index (χ1) is 9.24. The van der Waals surface area contributed by atoms with Gasteiger partial charge in [-0.1, -0.05) is 17.7 Å². The van der Waals surface area contributed by atoms with Crippen LogP contribution in [-0.4, -0.2) is 32.2 Å². The fourth-order valence-electron chi connectivity index (χ4n) is 2.18. The number of benzene rings is 1. The van der Waals surface area contributed by atoms with Gasteiger partial charge in [-0.25, -0.2) is 0 Å². The van der Waals surface area contributed by atoms with Crippen molar-refractivity contribution >= 4 is 11.6 Å². The molecule has 2 rings (SSSR count). The Labute approximate surface area is 114 Å². The van der Waals surface area contributed by atoms with Crippen LogP contribution >= 0.6 is 0 Å². The molecule has 1 fully saturated rings. The summed E-state index contributed by atoms with van der Waals surface area (Å²) < 4.78 is 5.31. The van der Waals surface area contributed by atoms with Crippen LogP contribution in [0.2, 0.25) is 0 Å². The zero-order valence-electron chi connectivity index (χ0n) is 11.4. The van der Waals surface area contributed by atoms with Crippen molar-refractivity contribution in [1.29, 1.82) is 0 Å².